The van der Waals surface area contributed by atoms with E-state index in [0.717, 1.165) is 36.3 Å². The van der Waals surface area contributed by atoms with E-state index in [1.807, 2.05) is 0 Å². The van der Waals surface area contributed by atoms with Gasteiger partial charge in [-0.05, 0) is 37.0 Å². The van der Waals surface area contributed by atoms with Crippen LogP contribution in [0, 0.1) is 5.82 Å². The minimum Gasteiger partial charge on any atom is -0.382 e. The van der Waals surface area contributed by atoms with E-state index in [1.165, 1.54) is 12.1 Å². The highest BCUT2D eigenvalue weighted by atomic mass is 19.1. The maximum absolute atomic E-state index is 12.8. The number of anilines is 1. The van der Waals surface area contributed by atoms with Crippen molar-refractivity contribution in [3.05, 3.63) is 47.0 Å². The topological polar surface area (TPSA) is 69.8 Å². The van der Waals surface area contributed by atoms with E-state index in [4.69, 9.17) is 0 Å². The van der Waals surface area contributed by atoms with Crippen LogP contribution < -0.4 is 10.6 Å². The number of rotatable bonds is 4. The standard InChI is InChI=1S/C15H17FN4O/c16-11-5-3-10(4-6-11)7-9-18-15(21)14-13-12(19-20-14)2-1-8-17-13/h3-6,17H,1-2,7-9H2,(H,18,21)(H,19,20). The van der Waals surface area contributed by atoms with Gasteiger partial charge < -0.3 is 10.6 Å². The molecule has 0 aliphatic carbocycles. The average Bonchev–Trinajstić information content (AvgIpc) is 2.93. The average molecular weight is 288 g/mol. The molecule has 3 N–H and O–H groups in total. The largest absolute Gasteiger partial charge is 0.382 e. The lowest BCUT2D eigenvalue weighted by Crippen LogP contribution is -2.27. The normalized spacial score (nSPS) is 13.4. The van der Waals surface area contributed by atoms with E-state index >= 15 is 0 Å². The zero-order valence-electron chi connectivity index (χ0n) is 11.6. The van der Waals surface area contributed by atoms with E-state index in [0.29, 0.717) is 18.7 Å². The van der Waals surface area contributed by atoms with Crippen LogP contribution in [0.5, 0.6) is 0 Å². The third-order valence-corrected chi connectivity index (χ3v) is 3.57. The third kappa shape index (κ3) is 3.04. The number of nitrogens with one attached hydrogen (secondary N) is 3. The summed E-state index contributed by atoms with van der Waals surface area (Å²) in [6, 6.07) is 6.29. The molecule has 0 saturated heterocycles. The molecule has 0 radical (unpaired) electrons. The molecule has 1 aromatic heterocycles. The summed E-state index contributed by atoms with van der Waals surface area (Å²) in [4.78, 5) is 12.1. The van der Waals surface area contributed by atoms with Gasteiger partial charge in [0.15, 0.2) is 5.69 Å². The molecule has 1 amide bonds. The second-order valence-electron chi connectivity index (χ2n) is 5.09. The fraction of sp³-hybridized carbons (Fsp3) is 0.333. The van der Waals surface area contributed by atoms with Crippen LogP contribution in [0.15, 0.2) is 24.3 Å². The number of nitrogens with zero attached hydrogens (tertiary/aromatic N) is 1. The molecule has 0 bridgehead atoms. The van der Waals surface area contributed by atoms with Gasteiger partial charge in [0, 0.05) is 13.1 Å². The number of fused-ring (bicyclic) bond motifs is 1. The molecule has 1 aromatic carbocycles. The van der Waals surface area contributed by atoms with Gasteiger partial charge in [-0.2, -0.15) is 5.10 Å². The molecule has 6 heteroatoms. The number of amides is 1. The van der Waals surface area contributed by atoms with Crippen LogP contribution >= 0.6 is 0 Å². The number of H-pyrrole nitrogens is 1. The molecule has 3 rings (SSSR count). The second kappa shape index (κ2) is 5.95. The van der Waals surface area contributed by atoms with Crippen LogP contribution in [0.4, 0.5) is 10.1 Å². The van der Waals surface area contributed by atoms with E-state index in [-0.39, 0.29) is 11.7 Å². The zero-order valence-corrected chi connectivity index (χ0v) is 11.6. The molecule has 2 aromatic rings. The first-order valence-electron chi connectivity index (χ1n) is 7.08. The lowest BCUT2D eigenvalue weighted by molar-refractivity contribution is 0.0950. The first-order chi connectivity index (χ1) is 10.2. The maximum Gasteiger partial charge on any atom is 0.273 e. The lowest BCUT2D eigenvalue weighted by atomic mass is 10.1. The third-order valence-electron chi connectivity index (χ3n) is 3.57. The summed E-state index contributed by atoms with van der Waals surface area (Å²) in [5.74, 6) is -0.443. The quantitative estimate of drug-likeness (QED) is 0.804. The Kier molecular flexibility index (Phi) is 3.85. The molecule has 2 heterocycles. The van der Waals surface area contributed by atoms with Crippen molar-refractivity contribution < 1.29 is 9.18 Å². The molecule has 0 atom stereocenters. The fourth-order valence-electron chi connectivity index (χ4n) is 2.45. The Morgan fingerprint density at radius 3 is 2.95 bits per heavy atom. The molecular weight excluding hydrogens is 271 g/mol. The molecule has 0 unspecified atom stereocenters. The van der Waals surface area contributed by atoms with Crippen molar-refractivity contribution in [3.63, 3.8) is 0 Å². The fourth-order valence-corrected chi connectivity index (χ4v) is 2.45. The highest BCUT2D eigenvalue weighted by molar-refractivity contribution is 5.98. The number of aromatic amines is 1. The van der Waals surface area contributed by atoms with Gasteiger partial charge in [0.2, 0.25) is 0 Å². The van der Waals surface area contributed by atoms with Crippen molar-refractivity contribution in [2.75, 3.05) is 18.4 Å². The van der Waals surface area contributed by atoms with Gasteiger partial charge in [0.25, 0.3) is 5.91 Å². The van der Waals surface area contributed by atoms with Crippen molar-refractivity contribution in [1.29, 1.82) is 0 Å². The van der Waals surface area contributed by atoms with E-state index in [9.17, 15) is 9.18 Å². The smallest absolute Gasteiger partial charge is 0.273 e. The van der Waals surface area contributed by atoms with E-state index in [2.05, 4.69) is 20.8 Å². The lowest BCUT2D eigenvalue weighted by Gasteiger charge is -2.13. The minimum atomic E-state index is -0.253. The first kappa shape index (κ1) is 13.6. The van der Waals surface area contributed by atoms with Gasteiger partial charge in [-0.25, -0.2) is 4.39 Å². The van der Waals surface area contributed by atoms with Crippen molar-refractivity contribution in [2.24, 2.45) is 0 Å². The highest BCUT2D eigenvalue weighted by Crippen LogP contribution is 2.23. The van der Waals surface area contributed by atoms with Crippen molar-refractivity contribution in [2.45, 2.75) is 19.3 Å². The zero-order chi connectivity index (χ0) is 14.7. The monoisotopic (exact) mass is 288 g/mol. The molecule has 0 spiro atoms. The SMILES string of the molecule is O=C(NCCc1ccc(F)cc1)c1n[nH]c2c1NCCC2. The van der Waals surface area contributed by atoms with Crippen molar-refractivity contribution in [1.82, 2.24) is 15.5 Å². The predicted octanol–water partition coefficient (Wildman–Crippen LogP) is 1.88. The Morgan fingerprint density at radius 2 is 2.14 bits per heavy atom. The molecule has 110 valence electrons. The van der Waals surface area contributed by atoms with Crippen LogP contribution in [-0.2, 0) is 12.8 Å². The van der Waals surface area contributed by atoms with Gasteiger partial charge in [-0.1, -0.05) is 12.1 Å². The number of carbonyl (C=O) groups excluding carboxylic acids is 1. The number of benzene rings is 1. The van der Waals surface area contributed by atoms with Crippen LogP contribution in [0.3, 0.4) is 0 Å². The van der Waals surface area contributed by atoms with Crippen molar-refractivity contribution in [3.8, 4) is 0 Å². The van der Waals surface area contributed by atoms with Gasteiger partial charge in [0.05, 0.1) is 11.4 Å². The number of hydrogen-bond donors (Lipinski definition) is 3. The molecular formula is C15H17FN4O. The molecule has 0 saturated carbocycles. The molecule has 0 fully saturated rings. The summed E-state index contributed by atoms with van der Waals surface area (Å²) in [5.41, 5.74) is 3.22. The number of aromatic nitrogens is 2. The predicted molar refractivity (Wildman–Crippen MR) is 77.8 cm³/mol. The summed E-state index contributed by atoms with van der Waals surface area (Å²) in [7, 11) is 0. The summed E-state index contributed by atoms with van der Waals surface area (Å²) in [6.45, 7) is 1.36. The van der Waals surface area contributed by atoms with Gasteiger partial charge in [-0.15, -0.1) is 0 Å². The molecule has 1 aliphatic heterocycles. The Labute approximate surface area is 121 Å². The second-order valence-corrected chi connectivity index (χ2v) is 5.09. The van der Waals surface area contributed by atoms with E-state index < -0.39 is 0 Å². The van der Waals surface area contributed by atoms with Gasteiger partial charge in [0.1, 0.15) is 5.82 Å². The van der Waals surface area contributed by atoms with Crippen LogP contribution in [0.1, 0.15) is 28.2 Å². The number of aryl methyl sites for hydroxylation is 1. The van der Waals surface area contributed by atoms with E-state index in [1.54, 1.807) is 12.1 Å². The summed E-state index contributed by atoms with van der Waals surface area (Å²) in [6.07, 6.45) is 2.62. The summed E-state index contributed by atoms with van der Waals surface area (Å²) >= 11 is 0. The van der Waals surface area contributed by atoms with Gasteiger partial charge in [-0.3, -0.25) is 9.89 Å². The van der Waals surface area contributed by atoms with Crippen molar-refractivity contribution >= 4 is 11.6 Å². The summed E-state index contributed by atoms with van der Waals surface area (Å²) < 4.78 is 12.8. The molecule has 1 aliphatic rings. The first-order valence-corrected chi connectivity index (χ1v) is 7.08. The molecule has 5 nitrogen and oxygen atoms in total. The van der Waals surface area contributed by atoms with Crippen LogP contribution in [-0.4, -0.2) is 29.2 Å². The number of halogens is 1. The number of carbonyl (C=O) groups is 1. The van der Waals surface area contributed by atoms with Crippen LogP contribution in [0.25, 0.3) is 0 Å². The Hall–Kier alpha value is -2.37. The Morgan fingerprint density at radius 1 is 1.33 bits per heavy atom. The molecule has 21 heavy (non-hydrogen) atoms. The summed E-state index contributed by atoms with van der Waals surface area (Å²) in [5, 5.41) is 13.0. The minimum absolute atomic E-state index is 0.191. The Balaban J connectivity index is 1.57. The van der Waals surface area contributed by atoms with Crippen LogP contribution in [0.2, 0.25) is 0 Å². The maximum atomic E-state index is 12.8. The Bertz CT molecular complexity index is 636. The number of hydrogen-bond acceptors (Lipinski definition) is 3. The highest BCUT2D eigenvalue weighted by Gasteiger charge is 2.21. The van der Waals surface area contributed by atoms with Gasteiger partial charge >= 0.3 is 0 Å².